The van der Waals surface area contributed by atoms with E-state index in [1.165, 1.54) is 28.4 Å². The Bertz CT molecular complexity index is 843. The Morgan fingerprint density at radius 1 is 1.23 bits per heavy atom. The van der Waals surface area contributed by atoms with E-state index in [2.05, 4.69) is 19.2 Å². The Kier molecular flexibility index (Phi) is 7.89. The molecule has 0 saturated heterocycles. The molecule has 0 spiro atoms. The van der Waals surface area contributed by atoms with E-state index in [9.17, 15) is 14.0 Å². The zero-order valence-corrected chi connectivity index (χ0v) is 18.9. The number of amides is 2. The van der Waals surface area contributed by atoms with Crippen LogP contribution >= 0.6 is 22.9 Å². The van der Waals surface area contributed by atoms with Crippen LogP contribution in [0.15, 0.2) is 41.8 Å². The van der Waals surface area contributed by atoms with Gasteiger partial charge >= 0.3 is 0 Å². The molecule has 3 rings (SSSR count). The molecule has 1 aromatic carbocycles. The molecular weight excluding hydrogens is 423 g/mol. The minimum Gasteiger partial charge on any atom is -0.351 e. The van der Waals surface area contributed by atoms with Crippen molar-refractivity contribution in [2.24, 2.45) is 11.8 Å². The van der Waals surface area contributed by atoms with Crippen molar-refractivity contribution in [1.29, 1.82) is 0 Å². The number of hydrogen-bond acceptors (Lipinski definition) is 3. The number of halogens is 2. The van der Waals surface area contributed by atoms with Crippen LogP contribution in [0, 0.1) is 17.7 Å². The molecule has 0 unspecified atom stereocenters. The molecule has 7 heteroatoms. The first-order chi connectivity index (χ1) is 14.4. The van der Waals surface area contributed by atoms with E-state index >= 15 is 0 Å². The smallest absolute Gasteiger partial charge is 0.247 e. The van der Waals surface area contributed by atoms with Gasteiger partial charge < -0.3 is 10.2 Å². The van der Waals surface area contributed by atoms with Crippen LogP contribution in [0.4, 0.5) is 4.39 Å². The average molecular weight is 451 g/mol. The van der Waals surface area contributed by atoms with Gasteiger partial charge in [0.2, 0.25) is 11.8 Å². The molecule has 1 fully saturated rings. The second-order valence-electron chi connectivity index (χ2n) is 8.07. The molecule has 1 heterocycles. The summed E-state index contributed by atoms with van der Waals surface area (Å²) in [6.07, 6.45) is 3.14. The number of hydrogen-bond donors (Lipinski definition) is 1. The largest absolute Gasteiger partial charge is 0.351 e. The van der Waals surface area contributed by atoms with Crippen LogP contribution in [0.25, 0.3) is 0 Å². The summed E-state index contributed by atoms with van der Waals surface area (Å²) in [7, 11) is 0. The van der Waals surface area contributed by atoms with Crippen molar-refractivity contribution >= 4 is 34.8 Å². The fraction of sp³-hybridized carbons (Fsp3) is 0.478. The average Bonchev–Trinajstić information content (AvgIpc) is 3.25. The molecule has 0 radical (unpaired) electrons. The zero-order valence-electron chi connectivity index (χ0n) is 17.3. The normalized spacial score (nSPS) is 22.3. The molecule has 2 aromatic rings. The topological polar surface area (TPSA) is 49.4 Å². The highest BCUT2D eigenvalue weighted by molar-refractivity contribution is 7.09. The quantitative estimate of drug-likeness (QED) is 0.594. The monoisotopic (exact) mass is 450 g/mol. The number of nitrogens with one attached hydrogen (secondary N) is 1. The first-order valence-corrected chi connectivity index (χ1v) is 11.8. The fourth-order valence-corrected chi connectivity index (χ4v) is 4.99. The lowest BCUT2D eigenvalue weighted by molar-refractivity contribution is -0.140. The minimum absolute atomic E-state index is 0.0545. The number of benzene rings is 1. The van der Waals surface area contributed by atoms with Gasteiger partial charge in [-0.05, 0) is 47.4 Å². The lowest BCUT2D eigenvalue weighted by Crippen LogP contribution is -2.50. The van der Waals surface area contributed by atoms with Crippen molar-refractivity contribution in [3.05, 3.63) is 58.0 Å². The molecule has 4 atom stereocenters. The maximum absolute atomic E-state index is 13.5. The van der Waals surface area contributed by atoms with Crippen LogP contribution in [0.5, 0.6) is 0 Å². The summed E-state index contributed by atoms with van der Waals surface area (Å²) in [5, 5.41) is 5.11. The van der Waals surface area contributed by atoms with E-state index in [1.807, 2.05) is 17.5 Å². The first-order valence-electron chi connectivity index (χ1n) is 10.3. The fourth-order valence-electron chi connectivity index (χ4n) is 4.14. The van der Waals surface area contributed by atoms with Gasteiger partial charge in [-0.15, -0.1) is 22.9 Å². The Morgan fingerprint density at radius 3 is 2.60 bits per heavy atom. The highest BCUT2D eigenvalue weighted by Crippen LogP contribution is 2.31. The van der Waals surface area contributed by atoms with Crippen LogP contribution in [0.3, 0.4) is 0 Å². The third kappa shape index (κ3) is 5.41. The van der Waals surface area contributed by atoms with E-state index in [0.29, 0.717) is 17.4 Å². The minimum atomic E-state index is -0.872. The molecule has 162 valence electrons. The molecule has 1 aromatic heterocycles. The summed E-state index contributed by atoms with van der Waals surface area (Å²) in [4.78, 5) is 28.7. The van der Waals surface area contributed by atoms with E-state index in [1.54, 1.807) is 12.1 Å². The van der Waals surface area contributed by atoms with Crippen molar-refractivity contribution in [2.45, 2.75) is 51.7 Å². The van der Waals surface area contributed by atoms with E-state index in [-0.39, 0.29) is 36.1 Å². The lowest BCUT2D eigenvalue weighted by atomic mass is 9.78. The summed E-state index contributed by atoms with van der Waals surface area (Å²) < 4.78 is 13.5. The van der Waals surface area contributed by atoms with Crippen molar-refractivity contribution < 1.29 is 14.0 Å². The third-order valence-corrected chi connectivity index (χ3v) is 7.21. The van der Waals surface area contributed by atoms with Crippen LogP contribution in [-0.4, -0.2) is 28.6 Å². The van der Waals surface area contributed by atoms with Crippen LogP contribution in [0.2, 0.25) is 0 Å². The third-order valence-electron chi connectivity index (χ3n) is 6.12. The number of alkyl halides is 1. The summed E-state index contributed by atoms with van der Waals surface area (Å²) >= 11 is 7.42. The molecule has 2 amide bonds. The van der Waals surface area contributed by atoms with Crippen LogP contribution < -0.4 is 5.32 Å². The van der Waals surface area contributed by atoms with E-state index < -0.39 is 6.04 Å². The van der Waals surface area contributed by atoms with Gasteiger partial charge in [0.1, 0.15) is 17.7 Å². The molecule has 0 bridgehead atoms. The van der Waals surface area contributed by atoms with Gasteiger partial charge in [-0.25, -0.2) is 4.39 Å². The number of carbonyl (C=O) groups excluding carboxylic acids is 2. The highest BCUT2D eigenvalue weighted by atomic mass is 35.5. The number of carbonyl (C=O) groups is 2. The first kappa shape index (κ1) is 22.8. The molecule has 1 saturated carbocycles. The van der Waals surface area contributed by atoms with Gasteiger partial charge in [0.25, 0.3) is 0 Å². The summed E-state index contributed by atoms with van der Waals surface area (Å²) in [6, 6.07) is 8.77. The maximum Gasteiger partial charge on any atom is 0.247 e. The maximum atomic E-state index is 13.5. The lowest BCUT2D eigenvalue weighted by Gasteiger charge is -2.37. The Balaban J connectivity index is 1.92. The molecule has 4 nitrogen and oxygen atoms in total. The Labute approximate surface area is 186 Å². The van der Waals surface area contributed by atoms with Crippen molar-refractivity contribution in [3.63, 3.8) is 0 Å². The van der Waals surface area contributed by atoms with Crippen LogP contribution in [0.1, 0.15) is 49.6 Å². The van der Waals surface area contributed by atoms with Crippen molar-refractivity contribution in [2.75, 3.05) is 5.88 Å². The number of nitrogens with zero attached hydrogens (tertiary/aromatic N) is 1. The van der Waals surface area contributed by atoms with Gasteiger partial charge in [-0.3, -0.25) is 9.59 Å². The molecule has 1 aliphatic rings. The molecule has 1 aliphatic carbocycles. The second-order valence-corrected chi connectivity index (χ2v) is 9.37. The molecule has 30 heavy (non-hydrogen) atoms. The van der Waals surface area contributed by atoms with Gasteiger partial charge in [-0.2, -0.15) is 0 Å². The Morgan fingerprint density at radius 2 is 1.97 bits per heavy atom. The van der Waals surface area contributed by atoms with Crippen LogP contribution in [-0.2, 0) is 16.1 Å². The van der Waals surface area contributed by atoms with Gasteiger partial charge in [-0.1, -0.05) is 44.9 Å². The summed E-state index contributed by atoms with van der Waals surface area (Å²) in [5.41, 5.74) is 0.570. The SMILES string of the molecule is C[C@@H]1[C@H](C)CCC[C@@H]1NC(=O)[C@@H](c1ccc(F)cc1)N(Cc1cccs1)C(=O)CCl. The highest BCUT2D eigenvalue weighted by Gasteiger charge is 2.35. The van der Waals surface area contributed by atoms with Crippen molar-refractivity contribution in [3.8, 4) is 0 Å². The van der Waals surface area contributed by atoms with E-state index in [0.717, 1.165) is 24.1 Å². The van der Waals surface area contributed by atoms with Gasteiger partial charge in [0, 0.05) is 10.9 Å². The second kappa shape index (κ2) is 10.4. The number of rotatable bonds is 7. The zero-order chi connectivity index (χ0) is 21.7. The van der Waals surface area contributed by atoms with Gasteiger partial charge in [0.15, 0.2) is 0 Å². The molecule has 1 N–H and O–H groups in total. The standard InChI is InChI=1S/C23H28ClFN2O2S/c1-15-5-3-7-20(16(15)2)26-23(29)22(17-8-10-18(25)11-9-17)27(21(28)13-24)14-19-6-4-12-30-19/h4,6,8-12,15-16,20,22H,3,5,7,13-14H2,1-2H3,(H,26,29)/t15-,16-,20+,22-/m1/s1. The summed E-state index contributed by atoms with van der Waals surface area (Å²) in [6.45, 7) is 4.64. The van der Waals surface area contributed by atoms with E-state index in [4.69, 9.17) is 11.6 Å². The summed E-state index contributed by atoms with van der Waals surface area (Å²) in [5.74, 6) is -0.318. The van der Waals surface area contributed by atoms with Gasteiger partial charge in [0.05, 0.1) is 6.54 Å². The Hall–Kier alpha value is -1.92. The molecule has 0 aliphatic heterocycles. The predicted octanol–water partition coefficient (Wildman–Crippen LogP) is 5.14. The predicted molar refractivity (Wildman–Crippen MR) is 119 cm³/mol. The molecular formula is C23H28ClFN2O2S. The number of thiophene rings is 1. The van der Waals surface area contributed by atoms with Crippen molar-refractivity contribution in [1.82, 2.24) is 10.2 Å².